The predicted octanol–water partition coefficient (Wildman–Crippen LogP) is 4.36. The zero-order valence-electron chi connectivity index (χ0n) is 15.4. The number of alkyl carbamates (subject to hydrolysis) is 1. The zero-order valence-corrected chi connectivity index (χ0v) is 15.4. The highest BCUT2D eigenvalue weighted by molar-refractivity contribution is 5.66. The summed E-state index contributed by atoms with van der Waals surface area (Å²) >= 11 is 0. The zero-order chi connectivity index (χ0) is 18.2. The van der Waals surface area contributed by atoms with Gasteiger partial charge in [0.2, 0.25) is 0 Å². The van der Waals surface area contributed by atoms with Gasteiger partial charge < -0.3 is 10.1 Å². The Morgan fingerprint density at radius 1 is 1.00 bits per heavy atom. The van der Waals surface area contributed by atoms with Gasteiger partial charge in [-0.15, -0.1) is 0 Å². The van der Waals surface area contributed by atoms with Crippen LogP contribution in [0.4, 0.5) is 4.79 Å². The standard InChI is InChI=1S/C22H28N2O2/c1-23-22(25)26-21-14-8-13-20(15-21)24(16-18-9-4-2-5-10-18)17-19-11-6-3-7-12-19/h2-7,9-12,20-21H,8,13-17H2,1H3,(H,23,25)/t20-,21-/m1/s1. The summed E-state index contributed by atoms with van der Waals surface area (Å²) in [6.07, 6.45) is 3.76. The molecule has 0 aromatic heterocycles. The lowest BCUT2D eigenvalue weighted by molar-refractivity contribution is 0.0343. The van der Waals surface area contributed by atoms with E-state index in [0.717, 1.165) is 38.8 Å². The Morgan fingerprint density at radius 3 is 2.12 bits per heavy atom. The molecule has 1 amide bonds. The van der Waals surface area contributed by atoms with Crippen LogP contribution in [0.3, 0.4) is 0 Å². The fourth-order valence-electron chi connectivity index (χ4n) is 3.72. The van der Waals surface area contributed by atoms with Crippen LogP contribution in [0.25, 0.3) is 0 Å². The van der Waals surface area contributed by atoms with Crippen molar-refractivity contribution < 1.29 is 9.53 Å². The van der Waals surface area contributed by atoms with Crippen LogP contribution < -0.4 is 5.32 Å². The number of benzene rings is 2. The maximum Gasteiger partial charge on any atom is 0.407 e. The van der Waals surface area contributed by atoms with Crippen molar-refractivity contribution in [3.05, 3.63) is 71.8 Å². The molecule has 0 aliphatic heterocycles. The van der Waals surface area contributed by atoms with E-state index in [1.807, 2.05) is 0 Å². The smallest absolute Gasteiger partial charge is 0.407 e. The van der Waals surface area contributed by atoms with Crippen molar-refractivity contribution in [1.29, 1.82) is 0 Å². The molecule has 0 heterocycles. The van der Waals surface area contributed by atoms with Crippen LogP contribution in [0.5, 0.6) is 0 Å². The van der Waals surface area contributed by atoms with Crippen LogP contribution >= 0.6 is 0 Å². The molecule has 2 aromatic carbocycles. The van der Waals surface area contributed by atoms with Crippen LogP contribution in [0.15, 0.2) is 60.7 Å². The second-order valence-corrected chi connectivity index (χ2v) is 6.97. The molecule has 2 atom stereocenters. The lowest BCUT2D eigenvalue weighted by Gasteiger charge is -2.37. The topological polar surface area (TPSA) is 41.6 Å². The molecule has 2 aromatic rings. The first-order valence-corrected chi connectivity index (χ1v) is 9.45. The third-order valence-electron chi connectivity index (χ3n) is 5.05. The Labute approximate surface area is 156 Å². The van der Waals surface area contributed by atoms with Gasteiger partial charge in [-0.2, -0.15) is 0 Å². The minimum atomic E-state index is -0.326. The number of ether oxygens (including phenoxy) is 1. The van der Waals surface area contributed by atoms with Gasteiger partial charge in [-0.05, 0) is 30.4 Å². The van der Waals surface area contributed by atoms with Gasteiger partial charge in [0.05, 0.1) is 0 Å². The lowest BCUT2D eigenvalue weighted by Crippen LogP contribution is -2.41. The highest BCUT2D eigenvalue weighted by atomic mass is 16.6. The van der Waals surface area contributed by atoms with Gasteiger partial charge in [0.25, 0.3) is 0 Å². The number of amides is 1. The summed E-state index contributed by atoms with van der Waals surface area (Å²) in [6, 6.07) is 21.6. The quantitative estimate of drug-likeness (QED) is 0.840. The Kier molecular flexibility index (Phi) is 6.67. The molecule has 4 heteroatoms. The van der Waals surface area contributed by atoms with Crippen molar-refractivity contribution in [3.8, 4) is 0 Å². The molecule has 1 saturated carbocycles. The average molecular weight is 352 g/mol. The molecule has 138 valence electrons. The molecule has 1 N–H and O–H groups in total. The first kappa shape index (κ1) is 18.5. The number of hydrogen-bond donors (Lipinski definition) is 1. The fraction of sp³-hybridized carbons (Fsp3) is 0.409. The molecule has 4 nitrogen and oxygen atoms in total. The summed E-state index contributed by atoms with van der Waals surface area (Å²) in [5.41, 5.74) is 2.63. The largest absolute Gasteiger partial charge is 0.446 e. The minimum Gasteiger partial charge on any atom is -0.446 e. The third kappa shape index (κ3) is 5.33. The molecule has 1 aliphatic rings. The molecular weight excluding hydrogens is 324 g/mol. The van der Waals surface area contributed by atoms with E-state index >= 15 is 0 Å². The number of nitrogens with zero attached hydrogens (tertiary/aromatic N) is 1. The van der Waals surface area contributed by atoms with Gasteiger partial charge in [-0.3, -0.25) is 4.90 Å². The first-order valence-electron chi connectivity index (χ1n) is 9.45. The summed E-state index contributed by atoms with van der Waals surface area (Å²) in [5.74, 6) is 0. The second kappa shape index (κ2) is 9.39. The Bertz CT molecular complexity index is 634. The van der Waals surface area contributed by atoms with Crippen LogP contribution in [0.1, 0.15) is 36.8 Å². The summed E-state index contributed by atoms with van der Waals surface area (Å²) < 4.78 is 5.54. The molecular formula is C22H28N2O2. The van der Waals surface area contributed by atoms with Gasteiger partial charge in [-0.25, -0.2) is 4.79 Å². The van der Waals surface area contributed by atoms with Gasteiger partial charge in [-0.1, -0.05) is 60.7 Å². The van der Waals surface area contributed by atoms with Crippen molar-refractivity contribution in [3.63, 3.8) is 0 Å². The summed E-state index contributed by atoms with van der Waals surface area (Å²) in [6.45, 7) is 1.82. The van der Waals surface area contributed by atoms with Gasteiger partial charge in [0, 0.05) is 32.6 Å². The van der Waals surface area contributed by atoms with Crippen LogP contribution in [-0.4, -0.2) is 30.2 Å². The van der Waals surface area contributed by atoms with E-state index < -0.39 is 0 Å². The molecule has 3 rings (SSSR count). The Morgan fingerprint density at radius 2 is 1.58 bits per heavy atom. The maximum atomic E-state index is 11.6. The molecule has 0 saturated heterocycles. The monoisotopic (exact) mass is 352 g/mol. The number of hydrogen-bond acceptors (Lipinski definition) is 3. The van der Waals surface area contributed by atoms with Crippen molar-refractivity contribution in [2.24, 2.45) is 0 Å². The van der Waals surface area contributed by atoms with E-state index in [1.54, 1.807) is 7.05 Å². The van der Waals surface area contributed by atoms with Gasteiger partial charge >= 0.3 is 6.09 Å². The van der Waals surface area contributed by atoms with E-state index in [0.29, 0.717) is 6.04 Å². The number of nitrogens with one attached hydrogen (secondary N) is 1. The summed E-state index contributed by atoms with van der Waals surface area (Å²) in [5, 5.41) is 2.56. The van der Waals surface area contributed by atoms with Gasteiger partial charge in [0.15, 0.2) is 0 Å². The SMILES string of the molecule is CNC(=O)O[C@@H]1CCC[C@@H](N(Cc2ccccc2)Cc2ccccc2)C1. The van der Waals surface area contributed by atoms with Crippen LogP contribution in [0.2, 0.25) is 0 Å². The number of carbonyl (C=O) groups excluding carboxylic acids is 1. The highest BCUT2D eigenvalue weighted by Crippen LogP contribution is 2.28. The summed E-state index contributed by atoms with van der Waals surface area (Å²) in [7, 11) is 1.61. The molecule has 1 aliphatic carbocycles. The van der Waals surface area contributed by atoms with Crippen molar-refractivity contribution in [2.75, 3.05) is 7.05 Å². The van der Waals surface area contributed by atoms with Crippen molar-refractivity contribution in [1.82, 2.24) is 10.2 Å². The van der Waals surface area contributed by atoms with Crippen LogP contribution in [0, 0.1) is 0 Å². The minimum absolute atomic E-state index is 0.00254. The maximum absolute atomic E-state index is 11.6. The van der Waals surface area contributed by atoms with Crippen molar-refractivity contribution >= 4 is 6.09 Å². The lowest BCUT2D eigenvalue weighted by atomic mass is 9.91. The van der Waals surface area contributed by atoms with E-state index in [1.165, 1.54) is 11.1 Å². The van der Waals surface area contributed by atoms with E-state index in [9.17, 15) is 4.79 Å². The molecule has 0 unspecified atom stereocenters. The summed E-state index contributed by atoms with van der Waals surface area (Å²) in [4.78, 5) is 14.1. The number of carbonyl (C=O) groups is 1. The van der Waals surface area contributed by atoms with E-state index in [-0.39, 0.29) is 12.2 Å². The Balaban J connectivity index is 1.72. The molecule has 1 fully saturated rings. The normalized spacial score (nSPS) is 19.9. The molecule has 0 spiro atoms. The Hall–Kier alpha value is -2.33. The molecule has 0 radical (unpaired) electrons. The second-order valence-electron chi connectivity index (χ2n) is 6.97. The number of rotatable bonds is 6. The van der Waals surface area contributed by atoms with Crippen LogP contribution in [-0.2, 0) is 17.8 Å². The fourth-order valence-corrected chi connectivity index (χ4v) is 3.72. The van der Waals surface area contributed by atoms with E-state index in [2.05, 4.69) is 70.9 Å². The van der Waals surface area contributed by atoms with E-state index in [4.69, 9.17) is 4.74 Å². The first-order chi connectivity index (χ1) is 12.7. The van der Waals surface area contributed by atoms with Gasteiger partial charge in [0.1, 0.15) is 6.10 Å². The molecule has 0 bridgehead atoms. The molecule has 26 heavy (non-hydrogen) atoms. The average Bonchev–Trinajstić information content (AvgIpc) is 2.69. The van der Waals surface area contributed by atoms with Crippen molar-refractivity contribution in [2.45, 2.75) is 50.9 Å². The third-order valence-corrected chi connectivity index (χ3v) is 5.05. The predicted molar refractivity (Wildman–Crippen MR) is 104 cm³/mol. The highest BCUT2D eigenvalue weighted by Gasteiger charge is 2.29.